The second-order valence-electron chi connectivity index (χ2n) is 0.785. The molecule has 4 heteroatoms. The van der Waals surface area contributed by atoms with Gasteiger partial charge in [0.25, 0.3) is 5.91 Å². The highest BCUT2D eigenvalue weighted by atomic mass is 16.5. The summed E-state index contributed by atoms with van der Waals surface area (Å²) in [5.41, 5.74) is 4.60. The predicted octanol–water partition coefficient (Wildman–Crippen LogP) is -2.27. The zero-order valence-corrected chi connectivity index (χ0v) is 3.27. The first-order chi connectivity index (χ1) is 2.81. The minimum absolute atomic E-state index is 0.0799. The van der Waals surface area contributed by atoms with E-state index in [1.807, 2.05) is 0 Å². The molecule has 0 aromatic heterocycles. The van der Waals surface area contributed by atoms with E-state index in [-0.39, 0.29) is 6.54 Å². The first kappa shape index (κ1) is 5.39. The van der Waals surface area contributed by atoms with Gasteiger partial charge in [0.15, 0.2) is 6.54 Å². The fourth-order valence-electron chi connectivity index (χ4n) is 0.0559. The minimum atomic E-state index is -0.463. The predicted molar refractivity (Wildman–Crippen MR) is 17.7 cm³/mol. The SMILES string of the molecule is [NH3+]CC(=O)NO. The van der Waals surface area contributed by atoms with Crippen molar-refractivity contribution < 1.29 is 15.7 Å². The van der Waals surface area contributed by atoms with Crippen molar-refractivity contribution in [1.29, 1.82) is 0 Å². The molecule has 6 heavy (non-hydrogen) atoms. The van der Waals surface area contributed by atoms with E-state index >= 15 is 0 Å². The summed E-state index contributed by atoms with van der Waals surface area (Å²) in [7, 11) is 0. The molecule has 5 N–H and O–H groups in total. The molecule has 0 saturated heterocycles. The Balaban J connectivity index is 2.99. The summed E-state index contributed by atoms with van der Waals surface area (Å²) in [6, 6.07) is 0. The maximum Gasteiger partial charge on any atom is 0.298 e. The highest BCUT2D eigenvalue weighted by Gasteiger charge is 1.90. The van der Waals surface area contributed by atoms with E-state index in [0.29, 0.717) is 0 Å². The molecule has 0 aliphatic carbocycles. The lowest BCUT2D eigenvalue weighted by atomic mass is 10.7. The molecule has 0 fully saturated rings. The van der Waals surface area contributed by atoms with Gasteiger partial charge in [-0.05, 0) is 0 Å². The molecule has 0 atom stereocenters. The van der Waals surface area contributed by atoms with E-state index in [0.717, 1.165) is 0 Å². The Labute approximate surface area is 34.9 Å². The van der Waals surface area contributed by atoms with Crippen molar-refractivity contribution in [2.75, 3.05) is 6.54 Å². The maximum absolute atomic E-state index is 9.76. The number of quaternary nitrogens is 1. The van der Waals surface area contributed by atoms with Crippen molar-refractivity contribution in [3.63, 3.8) is 0 Å². The number of hydrogen-bond acceptors (Lipinski definition) is 2. The van der Waals surface area contributed by atoms with Gasteiger partial charge in [-0.25, -0.2) is 5.48 Å². The first-order valence-corrected chi connectivity index (χ1v) is 1.53. The monoisotopic (exact) mass is 91.1 g/mol. The summed E-state index contributed by atoms with van der Waals surface area (Å²) in [4.78, 5) is 9.76. The second-order valence-corrected chi connectivity index (χ2v) is 0.785. The molecule has 0 spiro atoms. The first-order valence-electron chi connectivity index (χ1n) is 1.53. The molecule has 0 saturated carbocycles. The van der Waals surface area contributed by atoms with Crippen LogP contribution in [0, 0.1) is 0 Å². The van der Waals surface area contributed by atoms with E-state index in [9.17, 15) is 4.79 Å². The largest absolute Gasteiger partial charge is 0.350 e. The van der Waals surface area contributed by atoms with Crippen molar-refractivity contribution in [2.24, 2.45) is 0 Å². The Morgan fingerprint density at radius 2 is 2.50 bits per heavy atom. The second kappa shape index (κ2) is 2.62. The van der Waals surface area contributed by atoms with Gasteiger partial charge < -0.3 is 5.73 Å². The number of nitrogens with one attached hydrogen (secondary N) is 1. The van der Waals surface area contributed by atoms with Gasteiger partial charge in [-0.1, -0.05) is 0 Å². The summed E-state index contributed by atoms with van der Waals surface area (Å²) in [5.74, 6) is -0.463. The van der Waals surface area contributed by atoms with Crippen molar-refractivity contribution in [1.82, 2.24) is 5.48 Å². The third kappa shape index (κ3) is 1.68. The van der Waals surface area contributed by atoms with E-state index in [4.69, 9.17) is 5.21 Å². The molecular weight excluding hydrogens is 84.0 g/mol. The van der Waals surface area contributed by atoms with Crippen molar-refractivity contribution in [3.8, 4) is 0 Å². The van der Waals surface area contributed by atoms with Crippen molar-refractivity contribution in [3.05, 3.63) is 0 Å². The van der Waals surface area contributed by atoms with Gasteiger partial charge in [-0.2, -0.15) is 0 Å². The lowest BCUT2D eigenvalue weighted by Crippen LogP contribution is -2.56. The number of hydroxylamine groups is 1. The Morgan fingerprint density at radius 3 is 2.50 bits per heavy atom. The smallest absolute Gasteiger partial charge is 0.298 e. The van der Waals surface area contributed by atoms with Crippen LogP contribution in [-0.4, -0.2) is 17.7 Å². The minimum Gasteiger partial charge on any atom is -0.350 e. The summed E-state index contributed by atoms with van der Waals surface area (Å²) in [6.45, 7) is 0.0799. The summed E-state index contributed by atoms with van der Waals surface area (Å²) >= 11 is 0. The molecule has 0 aliphatic heterocycles. The van der Waals surface area contributed by atoms with E-state index in [2.05, 4.69) is 5.73 Å². The molecule has 0 heterocycles. The van der Waals surface area contributed by atoms with Gasteiger partial charge in [0, 0.05) is 0 Å². The molecule has 0 unspecified atom stereocenters. The Hall–Kier alpha value is -0.610. The van der Waals surface area contributed by atoms with E-state index < -0.39 is 5.91 Å². The molecular formula is C2H7N2O2+. The van der Waals surface area contributed by atoms with Crippen LogP contribution in [0.5, 0.6) is 0 Å². The van der Waals surface area contributed by atoms with Gasteiger partial charge in [0.1, 0.15) is 0 Å². The standard InChI is InChI=1S/C2H6N2O2/c3-1-2(5)4-6/h6H,1,3H2,(H,4,5)/p+1. The van der Waals surface area contributed by atoms with Gasteiger partial charge >= 0.3 is 0 Å². The lowest BCUT2D eigenvalue weighted by molar-refractivity contribution is -0.356. The number of carbonyl (C=O) groups is 1. The fraction of sp³-hybridized carbons (Fsp3) is 0.500. The van der Waals surface area contributed by atoms with Crippen LogP contribution in [0.15, 0.2) is 0 Å². The van der Waals surface area contributed by atoms with E-state index in [1.165, 1.54) is 5.48 Å². The zero-order chi connectivity index (χ0) is 4.99. The number of hydrogen-bond donors (Lipinski definition) is 3. The molecule has 1 amide bonds. The molecule has 0 aromatic rings. The quantitative estimate of drug-likeness (QED) is 0.251. The van der Waals surface area contributed by atoms with Crippen LogP contribution in [0.1, 0.15) is 0 Å². The van der Waals surface area contributed by atoms with Crippen LogP contribution < -0.4 is 11.2 Å². The third-order valence-corrected chi connectivity index (χ3v) is 0.352. The molecule has 0 radical (unpaired) electrons. The van der Waals surface area contributed by atoms with Crippen LogP contribution >= 0.6 is 0 Å². The highest BCUT2D eigenvalue weighted by Crippen LogP contribution is 1.43. The molecule has 0 rings (SSSR count). The van der Waals surface area contributed by atoms with Crippen LogP contribution in [0.3, 0.4) is 0 Å². The fourth-order valence-corrected chi connectivity index (χ4v) is 0.0559. The summed E-state index contributed by atoms with van der Waals surface area (Å²) in [5, 5.41) is 7.70. The van der Waals surface area contributed by atoms with Gasteiger partial charge in [-0.15, -0.1) is 0 Å². The lowest BCUT2D eigenvalue weighted by Gasteiger charge is -1.83. The molecule has 4 nitrogen and oxygen atoms in total. The third-order valence-electron chi connectivity index (χ3n) is 0.352. The average molecular weight is 91.1 g/mol. The molecule has 0 bridgehead atoms. The summed E-state index contributed by atoms with van der Waals surface area (Å²) < 4.78 is 0. The van der Waals surface area contributed by atoms with Crippen molar-refractivity contribution in [2.45, 2.75) is 0 Å². The van der Waals surface area contributed by atoms with Gasteiger partial charge in [0.05, 0.1) is 0 Å². The van der Waals surface area contributed by atoms with Crippen LogP contribution in [0.25, 0.3) is 0 Å². The Kier molecular flexibility index (Phi) is 2.35. The molecule has 36 valence electrons. The van der Waals surface area contributed by atoms with Gasteiger partial charge in [-0.3, -0.25) is 10.0 Å². The van der Waals surface area contributed by atoms with E-state index in [1.54, 1.807) is 0 Å². The van der Waals surface area contributed by atoms with Crippen LogP contribution in [0.4, 0.5) is 0 Å². The Morgan fingerprint density at radius 1 is 2.00 bits per heavy atom. The molecule has 0 aliphatic rings. The van der Waals surface area contributed by atoms with Crippen molar-refractivity contribution >= 4 is 5.91 Å². The van der Waals surface area contributed by atoms with Gasteiger partial charge in [0.2, 0.25) is 0 Å². The van der Waals surface area contributed by atoms with Crippen LogP contribution in [-0.2, 0) is 4.79 Å². The van der Waals surface area contributed by atoms with Crippen LogP contribution in [0.2, 0.25) is 0 Å². The molecule has 0 aromatic carbocycles. The maximum atomic E-state index is 9.76. The number of rotatable bonds is 1. The number of carbonyl (C=O) groups excluding carboxylic acids is 1. The highest BCUT2D eigenvalue weighted by molar-refractivity contribution is 5.75. The summed E-state index contributed by atoms with van der Waals surface area (Å²) in [6.07, 6.45) is 0. The Bertz CT molecular complexity index is 47.5. The topological polar surface area (TPSA) is 77.0 Å². The average Bonchev–Trinajstić information content (AvgIpc) is 1.65. The number of amides is 1. The zero-order valence-electron chi connectivity index (χ0n) is 3.27. The normalized spacial score (nSPS) is 7.67.